The third-order valence-electron chi connectivity index (χ3n) is 3.25. The first-order valence-electron chi connectivity index (χ1n) is 6.61. The molecule has 0 fully saturated rings. The van der Waals surface area contributed by atoms with Crippen molar-refractivity contribution >= 4 is 5.91 Å². The summed E-state index contributed by atoms with van der Waals surface area (Å²) in [5.41, 5.74) is 2.24. The van der Waals surface area contributed by atoms with Gasteiger partial charge in [0.05, 0.1) is 17.8 Å². The van der Waals surface area contributed by atoms with Gasteiger partial charge in [0.25, 0.3) is 5.91 Å². The number of carbonyl (C=O) groups excluding carboxylic acids is 1. The van der Waals surface area contributed by atoms with E-state index in [-0.39, 0.29) is 11.6 Å². The minimum Gasteiger partial charge on any atom is -0.345 e. The maximum absolute atomic E-state index is 13.5. The average Bonchev–Trinajstić information content (AvgIpc) is 2.47. The molecule has 0 saturated heterocycles. The summed E-state index contributed by atoms with van der Waals surface area (Å²) in [6.45, 7) is 3.96. The molecule has 4 heteroatoms. The summed E-state index contributed by atoms with van der Waals surface area (Å²) in [4.78, 5) is 15.6. The Morgan fingerprint density at radius 3 is 2.60 bits per heavy atom. The topological polar surface area (TPSA) is 42.0 Å². The lowest BCUT2D eigenvalue weighted by molar-refractivity contribution is 0.0935. The molecule has 2 rings (SSSR count). The average molecular weight is 272 g/mol. The molecule has 1 N–H and O–H groups in total. The van der Waals surface area contributed by atoms with Gasteiger partial charge in [-0.1, -0.05) is 31.2 Å². The Labute approximate surface area is 117 Å². The number of nitrogens with one attached hydrogen (secondary N) is 1. The highest BCUT2D eigenvalue weighted by Crippen LogP contribution is 2.15. The van der Waals surface area contributed by atoms with Crippen LogP contribution in [0.5, 0.6) is 0 Å². The van der Waals surface area contributed by atoms with Gasteiger partial charge in [0, 0.05) is 6.20 Å². The third kappa shape index (κ3) is 3.20. The summed E-state index contributed by atoms with van der Waals surface area (Å²) in [6, 6.07) is 9.22. The molecule has 1 amide bonds. The molecule has 0 radical (unpaired) electrons. The SMILES string of the molecule is CCc1ccc(C(C)NC(=O)c2ccncc2F)cc1. The number of carbonyl (C=O) groups is 1. The van der Waals surface area contributed by atoms with Gasteiger partial charge in [-0.25, -0.2) is 4.39 Å². The van der Waals surface area contributed by atoms with E-state index in [0.717, 1.165) is 18.2 Å². The predicted octanol–water partition coefficient (Wildman–Crippen LogP) is 3.27. The molecule has 0 spiro atoms. The molecular weight excluding hydrogens is 255 g/mol. The zero-order valence-corrected chi connectivity index (χ0v) is 11.6. The van der Waals surface area contributed by atoms with Gasteiger partial charge < -0.3 is 5.32 Å². The van der Waals surface area contributed by atoms with Crippen LogP contribution in [0.3, 0.4) is 0 Å². The molecule has 1 unspecified atom stereocenters. The summed E-state index contributed by atoms with van der Waals surface area (Å²) in [5, 5.41) is 2.78. The molecule has 20 heavy (non-hydrogen) atoms. The standard InChI is InChI=1S/C16H17FN2O/c1-3-12-4-6-13(7-5-12)11(2)19-16(20)14-8-9-18-10-15(14)17/h4-11H,3H2,1-2H3,(H,19,20). The Hall–Kier alpha value is -2.23. The second-order valence-electron chi connectivity index (χ2n) is 4.65. The first-order chi connectivity index (χ1) is 9.61. The van der Waals surface area contributed by atoms with Gasteiger partial charge >= 0.3 is 0 Å². The Morgan fingerprint density at radius 1 is 1.30 bits per heavy atom. The number of pyridine rings is 1. The van der Waals surface area contributed by atoms with E-state index < -0.39 is 11.7 Å². The number of hydrogen-bond donors (Lipinski definition) is 1. The van der Waals surface area contributed by atoms with Crippen molar-refractivity contribution in [3.05, 3.63) is 65.2 Å². The van der Waals surface area contributed by atoms with Crippen LogP contribution in [0.15, 0.2) is 42.7 Å². The Bertz CT molecular complexity index is 596. The monoisotopic (exact) mass is 272 g/mol. The molecule has 1 aromatic heterocycles. The fraction of sp³-hybridized carbons (Fsp3) is 0.250. The van der Waals surface area contributed by atoms with Crippen molar-refractivity contribution in [2.75, 3.05) is 0 Å². The number of halogens is 1. The van der Waals surface area contributed by atoms with Crippen LogP contribution >= 0.6 is 0 Å². The molecule has 104 valence electrons. The van der Waals surface area contributed by atoms with Crippen LogP contribution in [0.25, 0.3) is 0 Å². The second-order valence-corrected chi connectivity index (χ2v) is 4.65. The van der Waals surface area contributed by atoms with E-state index in [0.29, 0.717) is 0 Å². The molecule has 1 heterocycles. The van der Waals surface area contributed by atoms with Crippen molar-refractivity contribution in [3.63, 3.8) is 0 Å². The summed E-state index contributed by atoms with van der Waals surface area (Å²) >= 11 is 0. The van der Waals surface area contributed by atoms with Crippen LogP contribution < -0.4 is 5.32 Å². The number of nitrogens with zero attached hydrogens (tertiary/aromatic N) is 1. The normalized spacial score (nSPS) is 11.9. The van der Waals surface area contributed by atoms with Crippen LogP contribution in [0.1, 0.15) is 41.4 Å². The molecule has 2 aromatic rings. The lowest BCUT2D eigenvalue weighted by atomic mass is 10.0. The lowest BCUT2D eigenvalue weighted by Gasteiger charge is -2.15. The number of aryl methyl sites for hydroxylation is 1. The molecule has 0 aliphatic carbocycles. The van der Waals surface area contributed by atoms with Crippen LogP contribution in [-0.4, -0.2) is 10.9 Å². The maximum atomic E-state index is 13.5. The van der Waals surface area contributed by atoms with E-state index in [1.54, 1.807) is 0 Å². The van der Waals surface area contributed by atoms with Crippen LogP contribution in [0.2, 0.25) is 0 Å². The minimum absolute atomic E-state index is 0.0111. The number of hydrogen-bond acceptors (Lipinski definition) is 2. The molecular formula is C16H17FN2O. The van der Waals surface area contributed by atoms with Gasteiger partial charge in [-0.3, -0.25) is 9.78 Å². The van der Waals surface area contributed by atoms with Crippen LogP contribution in [0, 0.1) is 5.82 Å². The van der Waals surface area contributed by atoms with Crippen molar-refractivity contribution in [3.8, 4) is 0 Å². The Balaban J connectivity index is 2.09. The van der Waals surface area contributed by atoms with Gasteiger partial charge in [0.15, 0.2) is 5.82 Å². The van der Waals surface area contributed by atoms with Gasteiger partial charge in [-0.05, 0) is 30.5 Å². The first kappa shape index (κ1) is 14.2. The molecule has 0 aliphatic heterocycles. The van der Waals surface area contributed by atoms with Crippen LogP contribution in [0.4, 0.5) is 4.39 Å². The predicted molar refractivity (Wildman–Crippen MR) is 75.9 cm³/mol. The van der Waals surface area contributed by atoms with Gasteiger partial charge in [-0.15, -0.1) is 0 Å². The zero-order chi connectivity index (χ0) is 14.5. The number of aromatic nitrogens is 1. The molecule has 3 nitrogen and oxygen atoms in total. The van der Waals surface area contributed by atoms with Crippen molar-refractivity contribution < 1.29 is 9.18 Å². The van der Waals surface area contributed by atoms with Crippen molar-refractivity contribution in [2.45, 2.75) is 26.3 Å². The quantitative estimate of drug-likeness (QED) is 0.928. The van der Waals surface area contributed by atoms with E-state index in [1.807, 2.05) is 31.2 Å². The Kier molecular flexibility index (Phi) is 4.45. The summed E-state index contributed by atoms with van der Waals surface area (Å²) in [7, 11) is 0. The highest BCUT2D eigenvalue weighted by Gasteiger charge is 2.14. The summed E-state index contributed by atoms with van der Waals surface area (Å²) < 4.78 is 13.5. The van der Waals surface area contributed by atoms with Crippen molar-refractivity contribution in [1.82, 2.24) is 10.3 Å². The van der Waals surface area contributed by atoms with E-state index >= 15 is 0 Å². The Morgan fingerprint density at radius 2 is 2.00 bits per heavy atom. The highest BCUT2D eigenvalue weighted by atomic mass is 19.1. The van der Waals surface area contributed by atoms with E-state index in [1.165, 1.54) is 17.8 Å². The van der Waals surface area contributed by atoms with Gasteiger partial charge in [0.1, 0.15) is 0 Å². The fourth-order valence-corrected chi connectivity index (χ4v) is 1.96. The fourth-order valence-electron chi connectivity index (χ4n) is 1.96. The summed E-state index contributed by atoms with van der Waals surface area (Å²) in [5.74, 6) is -1.05. The molecule has 1 aromatic carbocycles. The maximum Gasteiger partial charge on any atom is 0.254 e. The van der Waals surface area contributed by atoms with Crippen LogP contribution in [-0.2, 0) is 6.42 Å². The second kappa shape index (κ2) is 6.28. The third-order valence-corrected chi connectivity index (χ3v) is 3.25. The van der Waals surface area contributed by atoms with E-state index in [4.69, 9.17) is 0 Å². The summed E-state index contributed by atoms with van der Waals surface area (Å²) in [6.07, 6.45) is 3.41. The van der Waals surface area contributed by atoms with Crippen molar-refractivity contribution in [2.24, 2.45) is 0 Å². The molecule has 0 bridgehead atoms. The van der Waals surface area contributed by atoms with E-state index in [9.17, 15) is 9.18 Å². The molecule has 0 saturated carbocycles. The largest absolute Gasteiger partial charge is 0.345 e. The number of amides is 1. The molecule has 0 aliphatic rings. The highest BCUT2D eigenvalue weighted by molar-refractivity contribution is 5.94. The van der Waals surface area contributed by atoms with E-state index in [2.05, 4.69) is 17.2 Å². The number of benzene rings is 1. The smallest absolute Gasteiger partial charge is 0.254 e. The minimum atomic E-state index is -0.612. The molecule has 1 atom stereocenters. The van der Waals surface area contributed by atoms with Gasteiger partial charge in [0.2, 0.25) is 0 Å². The van der Waals surface area contributed by atoms with Crippen molar-refractivity contribution in [1.29, 1.82) is 0 Å². The van der Waals surface area contributed by atoms with Gasteiger partial charge in [-0.2, -0.15) is 0 Å². The number of rotatable bonds is 4. The lowest BCUT2D eigenvalue weighted by Crippen LogP contribution is -2.27. The zero-order valence-electron chi connectivity index (χ0n) is 11.6. The first-order valence-corrected chi connectivity index (χ1v) is 6.61.